The van der Waals surface area contributed by atoms with Crippen LogP contribution in [0.5, 0.6) is 0 Å². The molecule has 4 N–H and O–H groups in total. The van der Waals surface area contributed by atoms with Crippen LogP contribution in [0.25, 0.3) is 5.76 Å². The number of rotatable bonds is 9. The van der Waals surface area contributed by atoms with E-state index in [2.05, 4.69) is 22.5 Å². The number of nitrogens with two attached hydrogens (primary N) is 1. The Bertz CT molecular complexity index is 1300. The van der Waals surface area contributed by atoms with Crippen LogP contribution >= 0.6 is 0 Å². The molecule has 2 aliphatic rings. The normalized spacial score (nSPS) is 20.4. The van der Waals surface area contributed by atoms with E-state index in [0.717, 1.165) is 37.8 Å². The molecule has 2 amide bonds. The summed E-state index contributed by atoms with van der Waals surface area (Å²) in [5.74, 6) is -2.23. The number of methoxy groups -OCH3 is 1. The van der Waals surface area contributed by atoms with Crippen LogP contribution in [0.3, 0.4) is 0 Å². The molecule has 0 bridgehead atoms. The molecular weight excluding hydrogens is 547 g/mol. The lowest BCUT2D eigenvalue weighted by atomic mass is 9.69. The number of halogens is 3. The van der Waals surface area contributed by atoms with E-state index in [9.17, 15) is 23.1 Å². The molecule has 1 saturated heterocycles. The summed E-state index contributed by atoms with van der Waals surface area (Å²) in [6.45, 7) is 8.97. The van der Waals surface area contributed by atoms with Crippen molar-refractivity contribution in [3.8, 4) is 0 Å². The number of hydrogen-bond acceptors (Lipinski definition) is 5. The first-order valence-electron chi connectivity index (χ1n) is 13.9. The number of aliphatic hydroxyl groups is 1. The SMILES string of the molecule is C=C(/C=C(\OC)c1ccc(F)cc1F)C(=O)NC1(CC(C)(C)c2ccccc2F)CN(C2CCC(O)CC2)C1.NC=O. The number of ether oxygens (including phenoxy) is 1. The quantitative estimate of drug-likeness (QED) is 0.172. The first kappa shape index (κ1) is 32.9. The zero-order chi connectivity index (χ0) is 31.1. The van der Waals surface area contributed by atoms with Crippen LogP contribution in [-0.4, -0.2) is 60.2 Å². The summed E-state index contributed by atoms with van der Waals surface area (Å²) < 4.78 is 47.8. The van der Waals surface area contributed by atoms with Crippen LogP contribution in [0.1, 0.15) is 57.1 Å². The maximum atomic E-state index is 14.8. The average molecular weight is 588 g/mol. The number of nitrogens with one attached hydrogen (secondary N) is 1. The summed E-state index contributed by atoms with van der Waals surface area (Å²) in [4.78, 5) is 24.3. The molecule has 2 aromatic carbocycles. The predicted molar refractivity (Wildman–Crippen MR) is 155 cm³/mol. The van der Waals surface area contributed by atoms with Gasteiger partial charge in [-0.05, 0) is 67.4 Å². The Morgan fingerprint density at radius 3 is 2.33 bits per heavy atom. The van der Waals surface area contributed by atoms with E-state index < -0.39 is 28.5 Å². The van der Waals surface area contributed by atoms with Gasteiger partial charge in [0.15, 0.2) is 0 Å². The molecular formula is C32H40F3N3O4. The lowest BCUT2D eigenvalue weighted by Crippen LogP contribution is -2.73. The molecule has 1 heterocycles. The van der Waals surface area contributed by atoms with Crippen LogP contribution in [-0.2, 0) is 19.7 Å². The van der Waals surface area contributed by atoms with Gasteiger partial charge in [0, 0.05) is 30.8 Å². The Morgan fingerprint density at radius 1 is 1.14 bits per heavy atom. The standard InChI is InChI=1S/C31H37F3N2O3.CH3NO/c1-20(15-28(39-4)24-14-9-21(32)16-27(24)34)29(38)35-31(17-30(2,3)25-7-5-6-8-26(25)33)18-36(19-31)22-10-12-23(37)13-11-22;2-1-3/h5-9,14-16,22-23,37H,1,10-13,17-19H2,2-4H3,(H,35,38);1H,(H2,2,3)/b28-15-;. The summed E-state index contributed by atoms with van der Waals surface area (Å²) in [7, 11) is 1.34. The van der Waals surface area contributed by atoms with Crippen molar-refractivity contribution >= 4 is 18.1 Å². The van der Waals surface area contributed by atoms with Crippen LogP contribution in [0, 0.1) is 17.5 Å². The third kappa shape index (κ3) is 8.01. The molecule has 0 radical (unpaired) electrons. The van der Waals surface area contributed by atoms with Gasteiger partial charge in [-0.15, -0.1) is 0 Å². The Hall–Kier alpha value is -3.63. The van der Waals surface area contributed by atoms with Crippen molar-refractivity contribution < 1.29 is 32.6 Å². The highest BCUT2D eigenvalue weighted by Crippen LogP contribution is 2.40. The molecule has 1 saturated carbocycles. The second-order valence-electron chi connectivity index (χ2n) is 11.6. The Labute approximate surface area is 245 Å². The van der Waals surface area contributed by atoms with Gasteiger partial charge in [0.05, 0.1) is 24.3 Å². The molecule has 0 atom stereocenters. The predicted octanol–water partition coefficient (Wildman–Crippen LogP) is 4.59. The van der Waals surface area contributed by atoms with Crippen LogP contribution in [0.2, 0.25) is 0 Å². The Balaban J connectivity index is 0.00000155. The number of carbonyl (C=O) groups excluding carboxylic acids is 2. The second-order valence-corrected chi connectivity index (χ2v) is 11.6. The highest BCUT2D eigenvalue weighted by atomic mass is 19.1. The van der Waals surface area contributed by atoms with Crippen molar-refractivity contribution in [3.63, 3.8) is 0 Å². The van der Waals surface area contributed by atoms with E-state index in [1.165, 1.54) is 25.3 Å². The van der Waals surface area contributed by atoms with E-state index >= 15 is 0 Å². The molecule has 1 aliphatic carbocycles. The zero-order valence-electron chi connectivity index (χ0n) is 24.3. The van der Waals surface area contributed by atoms with Gasteiger partial charge in [-0.2, -0.15) is 0 Å². The van der Waals surface area contributed by atoms with E-state index in [-0.39, 0.29) is 35.2 Å². The van der Waals surface area contributed by atoms with Gasteiger partial charge in [0.2, 0.25) is 6.41 Å². The summed E-state index contributed by atoms with van der Waals surface area (Å²) in [6.07, 6.45) is 5.09. The highest BCUT2D eigenvalue weighted by Gasteiger charge is 2.50. The molecule has 7 nitrogen and oxygen atoms in total. The molecule has 0 spiro atoms. The molecule has 1 aliphatic heterocycles. The van der Waals surface area contributed by atoms with Crippen molar-refractivity contribution in [2.24, 2.45) is 5.73 Å². The van der Waals surface area contributed by atoms with Gasteiger partial charge >= 0.3 is 0 Å². The average Bonchev–Trinajstić information content (AvgIpc) is 2.91. The number of benzene rings is 2. The smallest absolute Gasteiger partial charge is 0.251 e. The minimum absolute atomic E-state index is 0.0116. The highest BCUT2D eigenvalue weighted by molar-refractivity contribution is 5.97. The minimum atomic E-state index is -0.813. The molecule has 0 aromatic heterocycles. The number of hydrogen-bond donors (Lipinski definition) is 3. The molecule has 2 aromatic rings. The van der Waals surface area contributed by atoms with Crippen molar-refractivity contribution in [1.82, 2.24) is 10.2 Å². The number of amides is 2. The molecule has 42 heavy (non-hydrogen) atoms. The Morgan fingerprint density at radius 2 is 1.76 bits per heavy atom. The lowest BCUT2D eigenvalue weighted by Gasteiger charge is -2.56. The minimum Gasteiger partial charge on any atom is -0.496 e. The molecule has 2 fully saturated rings. The Kier molecular flexibility index (Phi) is 11.0. The molecule has 228 valence electrons. The van der Waals surface area contributed by atoms with E-state index in [0.29, 0.717) is 31.1 Å². The third-order valence-electron chi connectivity index (χ3n) is 7.97. The van der Waals surface area contributed by atoms with E-state index in [4.69, 9.17) is 9.53 Å². The third-order valence-corrected chi connectivity index (χ3v) is 7.97. The zero-order valence-corrected chi connectivity index (χ0v) is 24.3. The van der Waals surface area contributed by atoms with E-state index in [1.54, 1.807) is 18.2 Å². The summed E-state index contributed by atoms with van der Waals surface area (Å²) in [5, 5.41) is 13.1. The van der Waals surface area contributed by atoms with Crippen molar-refractivity contribution in [2.45, 2.75) is 69.1 Å². The molecule has 4 rings (SSSR count). The van der Waals surface area contributed by atoms with Crippen LogP contribution < -0.4 is 11.1 Å². The van der Waals surface area contributed by atoms with Crippen molar-refractivity contribution in [1.29, 1.82) is 0 Å². The van der Waals surface area contributed by atoms with Gasteiger partial charge in [-0.3, -0.25) is 14.5 Å². The maximum Gasteiger partial charge on any atom is 0.251 e. The van der Waals surface area contributed by atoms with Crippen molar-refractivity contribution in [2.75, 3.05) is 20.2 Å². The molecule has 0 unspecified atom stereocenters. The number of nitrogens with zero attached hydrogens (tertiary/aromatic N) is 1. The number of carbonyl (C=O) groups is 2. The first-order valence-corrected chi connectivity index (χ1v) is 13.9. The summed E-state index contributed by atoms with van der Waals surface area (Å²) >= 11 is 0. The first-order chi connectivity index (χ1) is 19.8. The monoisotopic (exact) mass is 587 g/mol. The number of aliphatic hydroxyl groups excluding tert-OH is 1. The fourth-order valence-electron chi connectivity index (χ4n) is 6.08. The lowest BCUT2D eigenvalue weighted by molar-refractivity contribution is -0.123. The summed E-state index contributed by atoms with van der Waals surface area (Å²) in [5.41, 5.74) is 3.57. The fraction of sp³-hybridized carbons (Fsp3) is 0.438. The van der Waals surface area contributed by atoms with Crippen LogP contribution in [0.15, 0.2) is 60.7 Å². The summed E-state index contributed by atoms with van der Waals surface area (Å²) in [6, 6.07) is 10.1. The van der Waals surface area contributed by atoms with Gasteiger partial charge in [-0.1, -0.05) is 38.6 Å². The number of primary amides is 1. The maximum absolute atomic E-state index is 14.8. The van der Waals surface area contributed by atoms with Gasteiger partial charge in [-0.25, -0.2) is 13.2 Å². The van der Waals surface area contributed by atoms with Crippen molar-refractivity contribution in [3.05, 3.63) is 89.3 Å². The van der Waals surface area contributed by atoms with Crippen LogP contribution in [0.4, 0.5) is 13.2 Å². The topological polar surface area (TPSA) is 105 Å². The fourth-order valence-corrected chi connectivity index (χ4v) is 6.08. The number of likely N-dealkylation sites (tertiary alicyclic amines) is 1. The van der Waals surface area contributed by atoms with Gasteiger partial charge in [0.1, 0.15) is 23.2 Å². The van der Waals surface area contributed by atoms with Gasteiger partial charge < -0.3 is 20.9 Å². The van der Waals surface area contributed by atoms with E-state index in [1.807, 2.05) is 13.8 Å². The van der Waals surface area contributed by atoms with Gasteiger partial charge in [0.25, 0.3) is 5.91 Å². The molecule has 10 heteroatoms. The largest absolute Gasteiger partial charge is 0.496 e. The second kappa shape index (κ2) is 14.0.